The Kier molecular flexibility index (Phi) is 7.28. The summed E-state index contributed by atoms with van der Waals surface area (Å²) in [5.74, 6) is -0.418. The molecule has 1 aliphatic heterocycles. The molecular weight excluding hydrogens is 397 g/mol. The average Bonchev–Trinajstić information content (AvgIpc) is 2.85. The summed E-state index contributed by atoms with van der Waals surface area (Å²) in [5, 5.41) is 2.78. The molecule has 0 spiro atoms. The average molecular weight is 431 g/mol. The molecule has 1 amide bonds. The molecule has 31 heavy (non-hydrogen) atoms. The van der Waals surface area contributed by atoms with Crippen LogP contribution in [0.15, 0.2) is 23.7 Å². The van der Waals surface area contributed by atoms with Gasteiger partial charge in [0.05, 0.1) is 23.9 Å². The Morgan fingerprint density at radius 3 is 2.23 bits per heavy atom. The van der Waals surface area contributed by atoms with Crippen LogP contribution in [-0.4, -0.2) is 49.6 Å². The number of esters is 1. The third-order valence-electron chi connectivity index (χ3n) is 5.43. The fourth-order valence-electron chi connectivity index (χ4n) is 2.93. The quantitative estimate of drug-likeness (QED) is 0.552. The van der Waals surface area contributed by atoms with Crippen molar-refractivity contribution in [2.45, 2.75) is 72.2 Å². The molecule has 0 bridgehead atoms. The number of alkyl carbamates (subject to hydrolysis) is 1. The SMILES string of the molecule is COC(=O)c1ccc(C)c(C=C(CNC(=O)OC(C)(C)C)B2OC(C)(C)C(C)(C)O2)c1. The van der Waals surface area contributed by atoms with Crippen LogP contribution >= 0.6 is 0 Å². The van der Waals surface area contributed by atoms with Crippen molar-refractivity contribution in [2.75, 3.05) is 13.7 Å². The lowest BCUT2D eigenvalue weighted by Gasteiger charge is -2.32. The minimum Gasteiger partial charge on any atom is -0.465 e. The van der Waals surface area contributed by atoms with Crippen molar-refractivity contribution < 1.29 is 28.4 Å². The van der Waals surface area contributed by atoms with Crippen molar-refractivity contribution in [2.24, 2.45) is 0 Å². The van der Waals surface area contributed by atoms with E-state index >= 15 is 0 Å². The molecule has 170 valence electrons. The third kappa shape index (κ3) is 6.34. The first-order valence-corrected chi connectivity index (χ1v) is 10.4. The van der Waals surface area contributed by atoms with Gasteiger partial charge in [-0.15, -0.1) is 0 Å². The van der Waals surface area contributed by atoms with Crippen molar-refractivity contribution in [3.8, 4) is 0 Å². The van der Waals surface area contributed by atoms with E-state index in [2.05, 4.69) is 5.32 Å². The zero-order valence-corrected chi connectivity index (χ0v) is 20.0. The molecule has 1 fully saturated rings. The van der Waals surface area contributed by atoms with Gasteiger partial charge in [-0.3, -0.25) is 0 Å². The fraction of sp³-hybridized carbons (Fsp3) is 0.565. The molecule has 2 rings (SSSR count). The summed E-state index contributed by atoms with van der Waals surface area (Å²) in [4.78, 5) is 24.2. The number of aryl methyl sites for hydroxylation is 1. The van der Waals surface area contributed by atoms with Crippen molar-refractivity contribution in [1.82, 2.24) is 5.32 Å². The number of amides is 1. The Morgan fingerprint density at radius 1 is 1.13 bits per heavy atom. The van der Waals surface area contributed by atoms with Crippen molar-refractivity contribution in [3.05, 3.63) is 40.4 Å². The second-order valence-electron chi connectivity index (χ2n) is 9.73. The number of benzene rings is 1. The number of ether oxygens (including phenoxy) is 2. The molecule has 0 aromatic heterocycles. The van der Waals surface area contributed by atoms with Gasteiger partial charge in [-0.25, -0.2) is 9.59 Å². The summed E-state index contributed by atoms with van der Waals surface area (Å²) >= 11 is 0. The topological polar surface area (TPSA) is 83.1 Å². The summed E-state index contributed by atoms with van der Waals surface area (Å²) in [6.45, 7) is 15.4. The molecule has 0 saturated carbocycles. The van der Waals surface area contributed by atoms with E-state index in [0.29, 0.717) is 11.0 Å². The third-order valence-corrected chi connectivity index (χ3v) is 5.43. The molecule has 0 aliphatic carbocycles. The van der Waals surface area contributed by atoms with Gasteiger partial charge >= 0.3 is 19.2 Å². The summed E-state index contributed by atoms with van der Waals surface area (Å²) in [6.07, 6.45) is 1.34. The molecule has 1 heterocycles. The minimum atomic E-state index is -0.666. The highest BCUT2D eigenvalue weighted by Crippen LogP contribution is 2.38. The van der Waals surface area contributed by atoms with E-state index in [1.807, 2.05) is 46.8 Å². The number of hydrogen-bond acceptors (Lipinski definition) is 6. The number of nitrogens with one attached hydrogen (secondary N) is 1. The fourth-order valence-corrected chi connectivity index (χ4v) is 2.93. The van der Waals surface area contributed by atoms with Gasteiger partial charge in [-0.2, -0.15) is 0 Å². The van der Waals surface area contributed by atoms with E-state index in [1.54, 1.807) is 32.9 Å². The molecule has 7 nitrogen and oxygen atoms in total. The molecule has 1 N–H and O–H groups in total. The second kappa shape index (κ2) is 9.05. The molecule has 8 heteroatoms. The number of carbonyl (C=O) groups excluding carboxylic acids is 2. The lowest BCUT2D eigenvalue weighted by atomic mass is 9.76. The Labute approximate surface area is 185 Å². The van der Waals surface area contributed by atoms with Gasteiger partial charge in [0, 0.05) is 6.54 Å². The Bertz CT molecular complexity index is 853. The highest BCUT2D eigenvalue weighted by atomic mass is 16.7. The monoisotopic (exact) mass is 431 g/mol. The van der Waals surface area contributed by atoms with Crippen LogP contribution in [0.5, 0.6) is 0 Å². The van der Waals surface area contributed by atoms with E-state index in [0.717, 1.165) is 11.1 Å². The van der Waals surface area contributed by atoms with E-state index in [4.69, 9.17) is 18.8 Å². The highest BCUT2D eigenvalue weighted by molar-refractivity contribution is 6.56. The smallest absolute Gasteiger partial charge is 0.465 e. The van der Waals surface area contributed by atoms with Crippen molar-refractivity contribution in [3.63, 3.8) is 0 Å². The molecule has 1 aromatic carbocycles. The summed E-state index contributed by atoms with van der Waals surface area (Å²) in [5.41, 5.74) is 1.22. The summed E-state index contributed by atoms with van der Waals surface area (Å²) in [6, 6.07) is 5.31. The Morgan fingerprint density at radius 2 is 1.71 bits per heavy atom. The van der Waals surface area contributed by atoms with Crippen LogP contribution in [0.2, 0.25) is 0 Å². The zero-order chi connectivity index (χ0) is 23.6. The minimum absolute atomic E-state index is 0.160. The normalized spacial score (nSPS) is 18.0. The Balaban J connectivity index is 2.38. The number of carbonyl (C=O) groups is 2. The van der Waals surface area contributed by atoms with Crippen LogP contribution in [-0.2, 0) is 18.8 Å². The second-order valence-corrected chi connectivity index (χ2v) is 9.73. The molecule has 0 atom stereocenters. The number of hydrogen-bond donors (Lipinski definition) is 1. The molecule has 0 unspecified atom stereocenters. The summed E-state index contributed by atoms with van der Waals surface area (Å²) in [7, 11) is 0.680. The lowest BCUT2D eigenvalue weighted by molar-refractivity contribution is 0.00578. The number of methoxy groups -OCH3 is 1. The first-order chi connectivity index (χ1) is 14.1. The van der Waals surface area contributed by atoms with Crippen molar-refractivity contribution in [1.29, 1.82) is 0 Å². The van der Waals surface area contributed by atoms with Crippen LogP contribution in [0.4, 0.5) is 4.79 Å². The predicted octanol–water partition coefficient (Wildman–Crippen LogP) is 4.32. The zero-order valence-electron chi connectivity index (χ0n) is 20.0. The number of rotatable bonds is 5. The molecule has 1 aromatic rings. The lowest BCUT2D eigenvalue weighted by Crippen LogP contribution is -2.41. The van der Waals surface area contributed by atoms with Gasteiger partial charge in [-0.1, -0.05) is 12.1 Å². The van der Waals surface area contributed by atoms with E-state index in [1.165, 1.54) is 7.11 Å². The predicted molar refractivity (Wildman–Crippen MR) is 121 cm³/mol. The molecule has 1 aliphatic rings. The van der Waals surface area contributed by atoms with E-state index in [9.17, 15) is 9.59 Å². The van der Waals surface area contributed by atoms with Gasteiger partial charge in [-0.05, 0) is 84.1 Å². The maximum absolute atomic E-state index is 12.2. The molecule has 0 radical (unpaired) electrons. The van der Waals surface area contributed by atoms with Crippen LogP contribution in [0.1, 0.15) is 70.0 Å². The van der Waals surface area contributed by atoms with Gasteiger partial charge in [0.25, 0.3) is 0 Å². The van der Waals surface area contributed by atoms with Gasteiger partial charge in [0.1, 0.15) is 5.60 Å². The largest absolute Gasteiger partial charge is 0.492 e. The van der Waals surface area contributed by atoms with Crippen LogP contribution in [0.3, 0.4) is 0 Å². The summed E-state index contributed by atoms with van der Waals surface area (Å²) < 4.78 is 22.6. The van der Waals surface area contributed by atoms with E-state index in [-0.39, 0.29) is 6.54 Å². The van der Waals surface area contributed by atoms with Crippen LogP contribution in [0, 0.1) is 6.92 Å². The maximum Gasteiger partial charge on any atom is 0.492 e. The van der Waals surface area contributed by atoms with Crippen LogP contribution in [0.25, 0.3) is 6.08 Å². The van der Waals surface area contributed by atoms with Gasteiger partial charge in [0.2, 0.25) is 0 Å². The Hall–Kier alpha value is -2.32. The van der Waals surface area contributed by atoms with E-state index < -0.39 is 36.0 Å². The van der Waals surface area contributed by atoms with Crippen molar-refractivity contribution >= 4 is 25.3 Å². The molecular formula is C23H34BNO6. The van der Waals surface area contributed by atoms with Gasteiger partial charge in [0.15, 0.2) is 0 Å². The highest BCUT2D eigenvalue weighted by Gasteiger charge is 2.52. The first kappa shape index (κ1) is 24.9. The molecule has 1 saturated heterocycles. The standard InChI is InChI=1S/C23H34BNO6/c1-15-10-11-16(19(26)28-9)12-17(15)13-18(14-25-20(27)29-21(2,3)4)24-30-22(5,6)23(7,8)31-24/h10-13H,14H2,1-9H3,(H,25,27). The van der Waals surface area contributed by atoms with Crippen LogP contribution < -0.4 is 5.32 Å². The van der Waals surface area contributed by atoms with Gasteiger partial charge < -0.3 is 24.1 Å². The first-order valence-electron chi connectivity index (χ1n) is 10.4. The maximum atomic E-state index is 12.2.